The molecule has 0 saturated heterocycles. The van der Waals surface area contributed by atoms with Crippen LogP contribution in [0.4, 0.5) is 5.69 Å². The Hall–Kier alpha value is -3.08. The van der Waals surface area contributed by atoms with Gasteiger partial charge in [-0.2, -0.15) is 0 Å². The zero-order valence-corrected chi connectivity index (χ0v) is 19.2. The molecule has 8 nitrogen and oxygen atoms in total. The van der Waals surface area contributed by atoms with Crippen molar-refractivity contribution < 1.29 is 22.7 Å². The topological polar surface area (TPSA) is 107 Å². The largest absolute Gasteiger partial charge is 0.497 e. The maximum Gasteiger partial charge on any atom is 0.262 e. The summed E-state index contributed by atoms with van der Waals surface area (Å²) in [5.74, 6) is 0.254. The Morgan fingerprint density at radius 3 is 2.50 bits per heavy atom. The Morgan fingerprint density at radius 2 is 1.84 bits per heavy atom. The van der Waals surface area contributed by atoms with Gasteiger partial charge in [0.2, 0.25) is 0 Å². The van der Waals surface area contributed by atoms with Crippen LogP contribution in [0.25, 0.3) is 0 Å². The second kappa shape index (κ2) is 11.0. The van der Waals surface area contributed by atoms with Crippen LogP contribution in [0, 0.1) is 0 Å². The number of benzene rings is 2. The number of nitrogens with one attached hydrogen (secondary N) is 2. The number of methoxy groups -OCH3 is 2. The van der Waals surface area contributed by atoms with Gasteiger partial charge in [0.05, 0.1) is 24.2 Å². The summed E-state index contributed by atoms with van der Waals surface area (Å²) in [6, 6.07) is 16.7. The highest BCUT2D eigenvalue weighted by Gasteiger charge is 2.15. The van der Waals surface area contributed by atoms with Gasteiger partial charge in [-0.05, 0) is 48.5 Å². The summed E-state index contributed by atoms with van der Waals surface area (Å²) in [7, 11) is -0.681. The number of carbonyl (C=O) groups excluding carboxylic acids is 1. The fourth-order valence-electron chi connectivity index (χ4n) is 2.64. The van der Waals surface area contributed by atoms with Gasteiger partial charge in [-0.3, -0.25) is 9.52 Å². The quantitative estimate of drug-likeness (QED) is 0.435. The maximum absolute atomic E-state index is 12.6. The fourth-order valence-corrected chi connectivity index (χ4v) is 4.49. The van der Waals surface area contributed by atoms with Crippen molar-refractivity contribution in [2.45, 2.75) is 14.8 Å². The molecule has 1 aromatic heterocycles. The Kier molecular flexibility index (Phi) is 8.09. The number of nitrogens with zero attached hydrogens (tertiary/aromatic N) is 1. The molecule has 0 aliphatic heterocycles. The molecule has 0 atom stereocenters. The lowest BCUT2D eigenvalue weighted by atomic mass is 10.3. The first-order valence-corrected chi connectivity index (χ1v) is 11.9. The van der Waals surface area contributed by atoms with Crippen molar-refractivity contribution in [1.29, 1.82) is 0 Å². The van der Waals surface area contributed by atoms with E-state index in [0.29, 0.717) is 35.2 Å². The van der Waals surface area contributed by atoms with Gasteiger partial charge < -0.3 is 14.8 Å². The third-order valence-corrected chi connectivity index (χ3v) is 6.61. The van der Waals surface area contributed by atoms with E-state index in [2.05, 4.69) is 15.0 Å². The van der Waals surface area contributed by atoms with E-state index in [1.165, 1.54) is 37.2 Å². The molecule has 2 N–H and O–H groups in total. The number of rotatable bonds is 10. The smallest absolute Gasteiger partial charge is 0.262 e. The summed E-state index contributed by atoms with van der Waals surface area (Å²) >= 11 is 1.40. The summed E-state index contributed by atoms with van der Waals surface area (Å²) in [5, 5.41) is 3.45. The number of sulfonamides is 1. The third kappa shape index (κ3) is 6.46. The Labute approximate surface area is 191 Å². The SMILES string of the molecule is COCCNC(=O)c1ccc(Sc2ccc(NS(=O)(=O)c3cccc(OC)c3)cc2)nc1. The molecule has 0 aliphatic rings. The van der Waals surface area contributed by atoms with Crippen molar-refractivity contribution in [2.24, 2.45) is 0 Å². The number of carbonyl (C=O) groups is 1. The van der Waals surface area contributed by atoms with Crippen molar-refractivity contribution in [3.05, 3.63) is 72.4 Å². The van der Waals surface area contributed by atoms with Crippen LogP contribution >= 0.6 is 11.8 Å². The average molecular weight is 474 g/mol. The molecule has 2 aromatic carbocycles. The van der Waals surface area contributed by atoms with E-state index in [1.54, 1.807) is 55.6 Å². The molecule has 3 aromatic rings. The fraction of sp³-hybridized carbons (Fsp3) is 0.182. The van der Waals surface area contributed by atoms with Crippen molar-refractivity contribution in [3.8, 4) is 5.75 Å². The highest BCUT2D eigenvalue weighted by Crippen LogP contribution is 2.28. The van der Waals surface area contributed by atoms with Crippen LogP contribution in [-0.4, -0.2) is 46.7 Å². The molecule has 0 fully saturated rings. The predicted molar refractivity (Wildman–Crippen MR) is 123 cm³/mol. The molecule has 0 saturated carbocycles. The summed E-state index contributed by atoms with van der Waals surface area (Å²) < 4.78 is 37.7. The lowest BCUT2D eigenvalue weighted by molar-refractivity contribution is 0.0936. The number of ether oxygens (including phenoxy) is 2. The van der Waals surface area contributed by atoms with Gasteiger partial charge >= 0.3 is 0 Å². The van der Waals surface area contributed by atoms with Gasteiger partial charge in [0, 0.05) is 36.5 Å². The van der Waals surface area contributed by atoms with Crippen LogP contribution in [0.3, 0.4) is 0 Å². The zero-order valence-electron chi connectivity index (χ0n) is 17.6. The van der Waals surface area contributed by atoms with Crippen molar-refractivity contribution in [2.75, 3.05) is 32.1 Å². The van der Waals surface area contributed by atoms with Gasteiger partial charge in [0.25, 0.3) is 15.9 Å². The molecule has 32 heavy (non-hydrogen) atoms. The summed E-state index contributed by atoms with van der Waals surface area (Å²) in [4.78, 5) is 17.3. The number of pyridine rings is 1. The summed E-state index contributed by atoms with van der Waals surface area (Å²) in [6.45, 7) is 0.874. The van der Waals surface area contributed by atoms with E-state index in [9.17, 15) is 13.2 Å². The highest BCUT2D eigenvalue weighted by atomic mass is 32.2. The molecule has 0 spiro atoms. The highest BCUT2D eigenvalue weighted by molar-refractivity contribution is 7.99. The lowest BCUT2D eigenvalue weighted by Gasteiger charge is -2.10. The summed E-state index contributed by atoms with van der Waals surface area (Å²) in [6.07, 6.45) is 1.51. The van der Waals surface area contributed by atoms with Gasteiger partial charge in [0.1, 0.15) is 10.8 Å². The van der Waals surface area contributed by atoms with Gasteiger partial charge in [-0.25, -0.2) is 13.4 Å². The van der Waals surface area contributed by atoms with Crippen LogP contribution in [0.2, 0.25) is 0 Å². The predicted octanol–water partition coefficient (Wildman–Crippen LogP) is 3.42. The second-order valence-electron chi connectivity index (χ2n) is 6.54. The van der Waals surface area contributed by atoms with Crippen LogP contribution in [-0.2, 0) is 14.8 Å². The minimum absolute atomic E-state index is 0.117. The molecular weight excluding hydrogens is 450 g/mol. The number of hydrogen-bond acceptors (Lipinski definition) is 7. The Balaban J connectivity index is 1.61. The van der Waals surface area contributed by atoms with Gasteiger partial charge in [-0.1, -0.05) is 17.8 Å². The van der Waals surface area contributed by atoms with E-state index in [4.69, 9.17) is 9.47 Å². The van der Waals surface area contributed by atoms with Crippen LogP contribution < -0.4 is 14.8 Å². The number of aromatic nitrogens is 1. The minimum Gasteiger partial charge on any atom is -0.497 e. The standard InChI is InChI=1S/C22H23N3O5S2/c1-29-13-12-23-22(26)16-6-11-21(24-15-16)31-19-9-7-17(8-10-19)25-32(27,28)20-5-3-4-18(14-20)30-2/h3-11,14-15,25H,12-13H2,1-2H3,(H,23,26). The molecule has 0 radical (unpaired) electrons. The van der Waals surface area contributed by atoms with Crippen LogP contribution in [0.5, 0.6) is 5.75 Å². The maximum atomic E-state index is 12.6. The van der Waals surface area contributed by atoms with Crippen LogP contribution in [0.15, 0.2) is 81.7 Å². The zero-order chi connectivity index (χ0) is 23.0. The van der Waals surface area contributed by atoms with Crippen molar-refractivity contribution in [1.82, 2.24) is 10.3 Å². The molecule has 10 heteroatoms. The van der Waals surface area contributed by atoms with Crippen LogP contribution in [0.1, 0.15) is 10.4 Å². The van der Waals surface area contributed by atoms with Crippen molar-refractivity contribution >= 4 is 33.4 Å². The minimum atomic E-state index is -3.73. The van der Waals surface area contributed by atoms with E-state index in [1.807, 2.05) is 0 Å². The van der Waals surface area contributed by atoms with E-state index in [0.717, 1.165) is 4.90 Å². The Bertz CT molecular complexity index is 1150. The number of amides is 1. The van der Waals surface area contributed by atoms with Gasteiger partial charge in [-0.15, -0.1) is 0 Å². The first-order chi connectivity index (χ1) is 15.4. The molecule has 0 bridgehead atoms. The molecule has 3 rings (SSSR count). The number of hydrogen-bond donors (Lipinski definition) is 2. The van der Waals surface area contributed by atoms with E-state index in [-0.39, 0.29) is 10.8 Å². The molecule has 168 valence electrons. The van der Waals surface area contributed by atoms with E-state index < -0.39 is 10.0 Å². The molecule has 0 aliphatic carbocycles. The molecule has 1 heterocycles. The second-order valence-corrected chi connectivity index (χ2v) is 9.32. The average Bonchev–Trinajstić information content (AvgIpc) is 2.81. The molecular formula is C22H23N3O5S2. The van der Waals surface area contributed by atoms with Gasteiger partial charge in [0.15, 0.2) is 0 Å². The third-order valence-electron chi connectivity index (χ3n) is 4.27. The first-order valence-electron chi connectivity index (χ1n) is 9.59. The molecule has 0 unspecified atom stereocenters. The Morgan fingerprint density at radius 1 is 1.06 bits per heavy atom. The van der Waals surface area contributed by atoms with E-state index >= 15 is 0 Å². The monoisotopic (exact) mass is 473 g/mol. The summed E-state index contributed by atoms with van der Waals surface area (Å²) in [5.41, 5.74) is 0.904. The lowest BCUT2D eigenvalue weighted by Crippen LogP contribution is -2.26. The first kappa shape index (κ1) is 23.6. The van der Waals surface area contributed by atoms with Crippen molar-refractivity contribution in [3.63, 3.8) is 0 Å². The molecule has 1 amide bonds. The number of anilines is 1. The normalized spacial score (nSPS) is 11.1.